The molecule has 1 unspecified atom stereocenters. The molecular formula is C23H26N2O4. The smallest absolute Gasteiger partial charge is 0.408 e. The molecule has 6 heteroatoms. The van der Waals surface area contributed by atoms with Crippen LogP contribution in [0.4, 0.5) is 10.5 Å². The van der Waals surface area contributed by atoms with Gasteiger partial charge in [0.25, 0.3) is 0 Å². The Balaban J connectivity index is 2.10. The van der Waals surface area contributed by atoms with E-state index < -0.39 is 23.2 Å². The number of amides is 1. The van der Waals surface area contributed by atoms with E-state index in [4.69, 9.17) is 4.74 Å². The largest absolute Gasteiger partial charge is 0.479 e. The monoisotopic (exact) mass is 394 g/mol. The number of nitrogens with one attached hydrogen (secondary N) is 2. The number of carboxylic acid groups (broad SMARTS) is 1. The topological polar surface area (TPSA) is 87.7 Å². The van der Waals surface area contributed by atoms with Crippen molar-refractivity contribution in [3.05, 3.63) is 71.8 Å². The van der Waals surface area contributed by atoms with Crippen LogP contribution in [-0.4, -0.2) is 34.9 Å². The molecule has 29 heavy (non-hydrogen) atoms. The number of benzene rings is 2. The number of carbonyl (C=O) groups excluding carboxylic acids is 1. The van der Waals surface area contributed by atoms with Gasteiger partial charge in [0, 0.05) is 24.2 Å². The van der Waals surface area contributed by atoms with E-state index in [-0.39, 0.29) is 6.42 Å². The standard InChI is InChI=1S/C23H26N2O4/c1-22(2,3)29-21(28)25-23(20(26)27,15-16-9-5-4-6-10-16)18-13-14-24-19-12-8-7-11-17(18)19/h4-13,24H,14-15H2,1-3H3,(H,25,28)(H,26,27). The number of carbonyl (C=O) groups is 2. The Labute approximate surface area is 170 Å². The van der Waals surface area contributed by atoms with E-state index in [0.717, 1.165) is 16.8 Å². The summed E-state index contributed by atoms with van der Waals surface area (Å²) >= 11 is 0. The number of hydrogen-bond acceptors (Lipinski definition) is 4. The number of anilines is 1. The van der Waals surface area contributed by atoms with Gasteiger partial charge in [-0.15, -0.1) is 0 Å². The van der Waals surface area contributed by atoms with Crippen LogP contribution in [-0.2, 0) is 16.0 Å². The van der Waals surface area contributed by atoms with Crippen molar-refractivity contribution in [3.8, 4) is 0 Å². The van der Waals surface area contributed by atoms with Crippen molar-refractivity contribution in [2.45, 2.75) is 38.3 Å². The van der Waals surface area contributed by atoms with Crippen molar-refractivity contribution >= 4 is 23.3 Å². The zero-order chi connectivity index (χ0) is 21.1. The molecule has 1 aliphatic heterocycles. The summed E-state index contributed by atoms with van der Waals surface area (Å²) in [5, 5.41) is 16.3. The summed E-state index contributed by atoms with van der Waals surface area (Å²) in [7, 11) is 0. The van der Waals surface area contributed by atoms with Crippen LogP contribution in [0.25, 0.3) is 5.57 Å². The molecule has 1 aliphatic rings. The molecule has 0 saturated carbocycles. The Hall–Kier alpha value is -3.28. The van der Waals surface area contributed by atoms with Crippen molar-refractivity contribution in [2.24, 2.45) is 0 Å². The normalized spacial score (nSPS) is 15.2. The number of hydrogen-bond donors (Lipinski definition) is 3. The quantitative estimate of drug-likeness (QED) is 0.711. The Bertz CT molecular complexity index is 931. The number of rotatable bonds is 5. The fourth-order valence-corrected chi connectivity index (χ4v) is 3.48. The summed E-state index contributed by atoms with van der Waals surface area (Å²) < 4.78 is 5.40. The van der Waals surface area contributed by atoms with E-state index in [0.29, 0.717) is 12.1 Å². The molecule has 0 bridgehead atoms. The summed E-state index contributed by atoms with van der Waals surface area (Å²) in [5.74, 6) is -1.14. The third-order valence-corrected chi connectivity index (χ3v) is 4.67. The zero-order valence-electron chi connectivity index (χ0n) is 16.9. The van der Waals surface area contributed by atoms with Crippen molar-refractivity contribution in [1.29, 1.82) is 0 Å². The van der Waals surface area contributed by atoms with E-state index in [9.17, 15) is 14.7 Å². The lowest BCUT2D eigenvalue weighted by Gasteiger charge is -2.36. The second kappa shape index (κ2) is 7.99. The Morgan fingerprint density at radius 3 is 2.38 bits per heavy atom. The van der Waals surface area contributed by atoms with Gasteiger partial charge in [-0.1, -0.05) is 54.6 Å². The highest BCUT2D eigenvalue weighted by Crippen LogP contribution is 2.37. The maximum Gasteiger partial charge on any atom is 0.408 e. The Kier molecular flexibility index (Phi) is 5.64. The summed E-state index contributed by atoms with van der Waals surface area (Å²) in [4.78, 5) is 25.4. The van der Waals surface area contributed by atoms with Gasteiger partial charge >= 0.3 is 12.1 Å². The van der Waals surface area contributed by atoms with E-state index in [1.54, 1.807) is 20.8 Å². The lowest BCUT2D eigenvalue weighted by Crippen LogP contribution is -2.58. The van der Waals surface area contributed by atoms with E-state index in [1.165, 1.54) is 0 Å². The van der Waals surface area contributed by atoms with Crippen LogP contribution in [0.5, 0.6) is 0 Å². The molecule has 1 heterocycles. The maximum atomic E-state index is 12.7. The predicted octanol–water partition coefficient (Wildman–Crippen LogP) is 4.09. The Morgan fingerprint density at radius 2 is 1.72 bits per heavy atom. The third kappa shape index (κ3) is 4.59. The highest BCUT2D eigenvalue weighted by Gasteiger charge is 2.46. The van der Waals surface area contributed by atoms with Crippen LogP contribution in [0, 0.1) is 0 Å². The predicted molar refractivity (Wildman–Crippen MR) is 113 cm³/mol. The molecule has 2 aromatic carbocycles. The van der Waals surface area contributed by atoms with Crippen LogP contribution >= 0.6 is 0 Å². The van der Waals surface area contributed by atoms with E-state index >= 15 is 0 Å². The number of aliphatic carboxylic acids is 1. The Morgan fingerprint density at radius 1 is 1.07 bits per heavy atom. The van der Waals surface area contributed by atoms with Crippen molar-refractivity contribution < 1.29 is 19.4 Å². The minimum atomic E-state index is -1.68. The summed E-state index contributed by atoms with van der Waals surface area (Å²) in [5.41, 5.74) is 0.475. The van der Waals surface area contributed by atoms with Crippen LogP contribution < -0.4 is 10.6 Å². The van der Waals surface area contributed by atoms with Crippen LogP contribution in [0.3, 0.4) is 0 Å². The average Bonchev–Trinajstić information content (AvgIpc) is 2.66. The van der Waals surface area contributed by atoms with Gasteiger partial charge in [-0.2, -0.15) is 0 Å². The zero-order valence-corrected chi connectivity index (χ0v) is 16.9. The minimum Gasteiger partial charge on any atom is -0.479 e. The summed E-state index contributed by atoms with van der Waals surface area (Å²) in [6.07, 6.45) is 1.13. The first-order valence-electron chi connectivity index (χ1n) is 9.54. The number of fused-ring (bicyclic) bond motifs is 1. The number of alkyl carbamates (subject to hydrolysis) is 1. The second-order valence-corrected chi connectivity index (χ2v) is 8.04. The molecule has 1 atom stereocenters. The van der Waals surface area contributed by atoms with Gasteiger partial charge in [0.15, 0.2) is 5.54 Å². The van der Waals surface area contributed by atoms with Crippen LogP contribution in [0.2, 0.25) is 0 Å². The SMILES string of the molecule is CC(C)(C)OC(=O)NC(Cc1ccccc1)(C(=O)O)C1=CCNc2ccccc21. The second-order valence-electron chi connectivity index (χ2n) is 8.04. The minimum absolute atomic E-state index is 0.0859. The molecule has 2 aromatic rings. The number of carboxylic acids is 1. The van der Waals surface area contributed by atoms with E-state index in [1.807, 2.05) is 60.7 Å². The summed E-state index contributed by atoms with van der Waals surface area (Å²) in [6.45, 7) is 5.69. The first kappa shape index (κ1) is 20.5. The van der Waals surface area contributed by atoms with Crippen molar-refractivity contribution in [2.75, 3.05) is 11.9 Å². The molecular weight excluding hydrogens is 368 g/mol. The van der Waals surface area contributed by atoms with Crippen LogP contribution in [0.15, 0.2) is 60.7 Å². The number of ether oxygens (including phenoxy) is 1. The lowest BCUT2D eigenvalue weighted by molar-refractivity contribution is -0.142. The molecule has 3 rings (SSSR count). The molecule has 3 N–H and O–H groups in total. The van der Waals surface area contributed by atoms with Gasteiger partial charge in [-0.05, 0) is 38.0 Å². The fourth-order valence-electron chi connectivity index (χ4n) is 3.48. The molecule has 0 spiro atoms. The van der Waals surface area contributed by atoms with E-state index in [2.05, 4.69) is 10.6 Å². The van der Waals surface area contributed by atoms with Gasteiger partial charge in [0.1, 0.15) is 5.60 Å². The number of para-hydroxylation sites is 1. The first-order chi connectivity index (χ1) is 13.7. The molecule has 0 radical (unpaired) electrons. The van der Waals surface area contributed by atoms with Gasteiger partial charge in [0.05, 0.1) is 0 Å². The van der Waals surface area contributed by atoms with Crippen LogP contribution in [0.1, 0.15) is 31.9 Å². The van der Waals surface area contributed by atoms with Gasteiger partial charge < -0.3 is 20.5 Å². The maximum absolute atomic E-state index is 12.7. The first-order valence-corrected chi connectivity index (χ1v) is 9.54. The fraction of sp³-hybridized carbons (Fsp3) is 0.304. The molecule has 6 nitrogen and oxygen atoms in total. The molecule has 1 amide bonds. The van der Waals surface area contributed by atoms with Gasteiger partial charge in [-0.3, -0.25) is 0 Å². The average molecular weight is 394 g/mol. The van der Waals surface area contributed by atoms with Crippen molar-refractivity contribution in [1.82, 2.24) is 5.32 Å². The highest BCUT2D eigenvalue weighted by molar-refractivity contribution is 6.02. The molecule has 0 aromatic heterocycles. The van der Waals surface area contributed by atoms with Crippen molar-refractivity contribution in [3.63, 3.8) is 0 Å². The third-order valence-electron chi connectivity index (χ3n) is 4.67. The lowest BCUT2D eigenvalue weighted by atomic mass is 9.78. The van der Waals surface area contributed by atoms with Gasteiger partial charge in [-0.25, -0.2) is 9.59 Å². The molecule has 0 fully saturated rings. The molecule has 0 aliphatic carbocycles. The van der Waals surface area contributed by atoms with Gasteiger partial charge in [0.2, 0.25) is 0 Å². The highest BCUT2D eigenvalue weighted by atomic mass is 16.6. The molecule has 152 valence electrons. The molecule has 0 saturated heterocycles. The summed E-state index contributed by atoms with van der Waals surface area (Å²) in [6, 6.07) is 16.7.